The van der Waals surface area contributed by atoms with Gasteiger partial charge in [-0.1, -0.05) is 26.8 Å². The van der Waals surface area contributed by atoms with Gasteiger partial charge in [0.1, 0.15) is 0 Å². The van der Waals surface area contributed by atoms with Crippen molar-refractivity contribution in [3.05, 3.63) is 52.5 Å². The Morgan fingerprint density at radius 2 is 1.55 bits per heavy atom. The summed E-state index contributed by atoms with van der Waals surface area (Å²) in [6.45, 7) is 5.42. The lowest BCUT2D eigenvalue weighted by Gasteiger charge is -2.18. The third kappa shape index (κ3) is 5.65. The summed E-state index contributed by atoms with van der Waals surface area (Å²) in [5.41, 5.74) is 0.666. The van der Waals surface area contributed by atoms with Gasteiger partial charge in [0.05, 0.1) is 4.90 Å². The number of halogens is 1. The number of hydrogen-bond donors (Lipinski definition) is 2. The van der Waals surface area contributed by atoms with Crippen LogP contribution in [0.3, 0.4) is 0 Å². The van der Waals surface area contributed by atoms with E-state index in [1.54, 1.807) is 45.0 Å². The fourth-order valence-electron chi connectivity index (χ4n) is 2.24. The molecule has 2 N–H and O–H groups in total. The second-order valence-electron chi connectivity index (χ2n) is 7.67. The molecule has 0 radical (unpaired) electrons. The van der Waals surface area contributed by atoms with E-state index in [4.69, 9.17) is 0 Å². The van der Waals surface area contributed by atoms with E-state index in [1.165, 1.54) is 32.3 Å². The topological polar surface area (TPSA) is 95.6 Å². The maximum atomic E-state index is 12.6. The summed E-state index contributed by atoms with van der Waals surface area (Å²) in [6, 6.07) is 11.1. The van der Waals surface area contributed by atoms with Gasteiger partial charge in [0.15, 0.2) is 0 Å². The van der Waals surface area contributed by atoms with Crippen LogP contribution < -0.4 is 10.6 Å². The Morgan fingerprint density at radius 1 is 0.966 bits per heavy atom. The Kier molecular flexibility index (Phi) is 6.87. The maximum absolute atomic E-state index is 12.6. The van der Waals surface area contributed by atoms with Crippen molar-refractivity contribution in [1.82, 2.24) is 4.31 Å². The number of carbonyl (C=O) groups excluding carboxylic acids is 2. The van der Waals surface area contributed by atoms with Gasteiger partial charge in [0.25, 0.3) is 5.91 Å². The third-order valence-corrected chi connectivity index (χ3v) is 6.82. The van der Waals surface area contributed by atoms with Crippen LogP contribution in [-0.4, -0.2) is 38.6 Å². The van der Waals surface area contributed by atoms with Gasteiger partial charge < -0.3 is 10.6 Å². The van der Waals surface area contributed by atoms with Crippen molar-refractivity contribution in [2.75, 3.05) is 24.7 Å². The van der Waals surface area contributed by atoms with Crippen LogP contribution in [0.5, 0.6) is 0 Å². The minimum Gasteiger partial charge on any atom is -0.326 e. The number of amides is 2. The highest BCUT2D eigenvalue weighted by molar-refractivity contribution is 9.10. The molecule has 0 aromatic heterocycles. The minimum atomic E-state index is -3.71. The van der Waals surface area contributed by atoms with Crippen molar-refractivity contribution in [2.45, 2.75) is 25.7 Å². The van der Waals surface area contributed by atoms with Crippen LogP contribution in [-0.2, 0) is 14.8 Å². The zero-order valence-corrected chi connectivity index (χ0v) is 19.3. The molecule has 0 saturated carbocycles. The zero-order chi connectivity index (χ0) is 22.0. The van der Waals surface area contributed by atoms with Crippen molar-refractivity contribution in [3.63, 3.8) is 0 Å². The number of nitrogens with zero attached hydrogens (tertiary/aromatic N) is 1. The van der Waals surface area contributed by atoms with Gasteiger partial charge in [-0.3, -0.25) is 9.59 Å². The van der Waals surface area contributed by atoms with Gasteiger partial charge in [-0.15, -0.1) is 0 Å². The summed E-state index contributed by atoms with van der Waals surface area (Å²) in [6.07, 6.45) is 0. The number of rotatable bonds is 5. The van der Waals surface area contributed by atoms with E-state index >= 15 is 0 Å². The van der Waals surface area contributed by atoms with E-state index < -0.39 is 21.3 Å². The predicted molar refractivity (Wildman–Crippen MR) is 117 cm³/mol. The lowest BCUT2D eigenvalue weighted by Crippen LogP contribution is -2.27. The highest BCUT2D eigenvalue weighted by atomic mass is 79.9. The molecular formula is C20H24BrN3O4S. The molecule has 0 aliphatic carbocycles. The van der Waals surface area contributed by atoms with Crippen LogP contribution in [0.15, 0.2) is 51.8 Å². The molecule has 2 aromatic carbocycles. The molecule has 0 atom stereocenters. The van der Waals surface area contributed by atoms with Gasteiger partial charge in [0.2, 0.25) is 15.9 Å². The molecular weight excluding hydrogens is 458 g/mol. The number of anilines is 2. The zero-order valence-electron chi connectivity index (χ0n) is 16.9. The molecule has 7 nitrogen and oxygen atoms in total. The van der Waals surface area contributed by atoms with Gasteiger partial charge in [-0.25, -0.2) is 12.7 Å². The summed E-state index contributed by atoms with van der Waals surface area (Å²) in [4.78, 5) is 24.8. The normalized spacial score (nSPS) is 12.0. The highest BCUT2D eigenvalue weighted by Gasteiger charge is 2.23. The number of nitrogens with one attached hydrogen (secondary N) is 2. The summed E-state index contributed by atoms with van der Waals surface area (Å²) in [7, 11) is -0.867. The molecule has 156 valence electrons. The number of carbonyl (C=O) groups is 2. The van der Waals surface area contributed by atoms with Crippen molar-refractivity contribution in [3.8, 4) is 0 Å². The van der Waals surface area contributed by atoms with Gasteiger partial charge in [0, 0.05) is 40.9 Å². The van der Waals surface area contributed by atoms with E-state index in [0.717, 1.165) is 4.31 Å². The second-order valence-corrected chi connectivity index (χ2v) is 10.6. The summed E-state index contributed by atoms with van der Waals surface area (Å²) in [5.74, 6) is -0.612. The van der Waals surface area contributed by atoms with E-state index in [1.807, 2.05) is 0 Å². The maximum Gasteiger partial charge on any atom is 0.255 e. The summed E-state index contributed by atoms with van der Waals surface area (Å²) in [5, 5.41) is 5.53. The molecule has 2 aromatic rings. The Labute approximate surface area is 179 Å². The van der Waals surface area contributed by atoms with Crippen LogP contribution in [0.1, 0.15) is 31.1 Å². The van der Waals surface area contributed by atoms with Crippen LogP contribution in [0, 0.1) is 5.41 Å². The standard InChI is InChI=1S/C20H24BrN3O4S/c1-20(2,3)19(26)23-15-8-6-7-14(12-15)22-18(25)13-9-10-16(21)17(11-13)29(27,28)24(4)5/h6-12H,1-5H3,(H,22,25)(H,23,26). The Hall–Kier alpha value is -2.23. The van der Waals surface area contributed by atoms with Gasteiger partial charge in [-0.2, -0.15) is 0 Å². The number of benzene rings is 2. The minimum absolute atomic E-state index is 0.00124. The van der Waals surface area contributed by atoms with E-state index in [0.29, 0.717) is 15.8 Å². The number of sulfonamides is 1. The van der Waals surface area contributed by atoms with Crippen LogP contribution in [0.2, 0.25) is 0 Å². The first-order valence-corrected chi connectivity index (χ1v) is 11.0. The molecule has 0 aliphatic heterocycles. The van der Waals surface area contributed by atoms with Crippen molar-refractivity contribution in [1.29, 1.82) is 0 Å². The van der Waals surface area contributed by atoms with Crippen LogP contribution in [0.25, 0.3) is 0 Å². The average molecular weight is 482 g/mol. The molecule has 0 bridgehead atoms. The van der Waals surface area contributed by atoms with E-state index in [9.17, 15) is 18.0 Å². The van der Waals surface area contributed by atoms with Gasteiger partial charge in [-0.05, 0) is 52.3 Å². The van der Waals surface area contributed by atoms with E-state index in [-0.39, 0.29) is 16.4 Å². The van der Waals surface area contributed by atoms with Gasteiger partial charge >= 0.3 is 0 Å². The molecule has 0 spiro atoms. The molecule has 0 fully saturated rings. The number of hydrogen-bond acceptors (Lipinski definition) is 4. The lowest BCUT2D eigenvalue weighted by molar-refractivity contribution is -0.123. The van der Waals surface area contributed by atoms with Crippen molar-refractivity contribution < 1.29 is 18.0 Å². The Morgan fingerprint density at radius 3 is 2.10 bits per heavy atom. The SMILES string of the molecule is CN(C)S(=O)(=O)c1cc(C(=O)Nc2cccc(NC(=O)C(C)(C)C)c2)ccc1Br. The second kappa shape index (κ2) is 8.64. The average Bonchev–Trinajstić information content (AvgIpc) is 2.61. The first-order chi connectivity index (χ1) is 13.3. The first kappa shape index (κ1) is 23.1. The molecule has 0 unspecified atom stereocenters. The highest BCUT2D eigenvalue weighted by Crippen LogP contribution is 2.26. The fourth-order valence-corrected chi connectivity index (χ4v) is 4.08. The van der Waals surface area contributed by atoms with Crippen LogP contribution >= 0.6 is 15.9 Å². The molecule has 0 aliphatic rings. The predicted octanol–water partition coefficient (Wildman–Crippen LogP) is 3.94. The fraction of sp³-hybridized carbons (Fsp3) is 0.300. The molecule has 29 heavy (non-hydrogen) atoms. The Balaban J connectivity index is 2.26. The Bertz CT molecular complexity index is 1040. The summed E-state index contributed by atoms with van der Waals surface area (Å²) >= 11 is 3.22. The smallest absolute Gasteiger partial charge is 0.255 e. The third-order valence-electron chi connectivity index (χ3n) is 4.01. The van der Waals surface area contributed by atoms with Crippen molar-refractivity contribution >= 4 is 49.1 Å². The molecule has 2 rings (SSSR count). The largest absolute Gasteiger partial charge is 0.326 e. The lowest BCUT2D eigenvalue weighted by atomic mass is 9.95. The molecule has 0 heterocycles. The molecule has 2 amide bonds. The molecule has 0 saturated heterocycles. The molecule has 9 heteroatoms. The quantitative estimate of drug-likeness (QED) is 0.675. The summed E-state index contributed by atoms with van der Waals surface area (Å²) < 4.78 is 26.3. The monoisotopic (exact) mass is 481 g/mol. The van der Waals surface area contributed by atoms with E-state index in [2.05, 4.69) is 26.6 Å². The van der Waals surface area contributed by atoms with Crippen molar-refractivity contribution in [2.24, 2.45) is 5.41 Å². The first-order valence-electron chi connectivity index (χ1n) is 8.77. The van der Waals surface area contributed by atoms with Crippen LogP contribution in [0.4, 0.5) is 11.4 Å².